The van der Waals surface area contributed by atoms with Gasteiger partial charge in [-0.3, -0.25) is 4.79 Å². The molecule has 2 fully saturated rings. The molecule has 2 heterocycles. The SMILES string of the molecule is NC(CC(=O)N1CCC(OCCN2CCCC2)CC1)c1ccccc1. The molecule has 3 rings (SSSR count). The second-order valence-corrected chi connectivity index (χ2v) is 7.22. The van der Waals surface area contributed by atoms with Crippen molar-refractivity contribution >= 4 is 5.91 Å². The molecule has 1 atom stereocenters. The third-order valence-electron chi connectivity index (χ3n) is 5.38. The quantitative estimate of drug-likeness (QED) is 0.823. The van der Waals surface area contributed by atoms with E-state index in [2.05, 4.69) is 4.90 Å². The van der Waals surface area contributed by atoms with Crippen molar-refractivity contribution in [2.45, 2.75) is 44.2 Å². The summed E-state index contributed by atoms with van der Waals surface area (Å²) in [6, 6.07) is 9.64. The predicted octanol–water partition coefficient (Wildman–Crippen LogP) is 2.18. The van der Waals surface area contributed by atoms with Gasteiger partial charge in [-0.2, -0.15) is 0 Å². The predicted molar refractivity (Wildman–Crippen MR) is 99.2 cm³/mol. The Hall–Kier alpha value is -1.43. The molecule has 2 saturated heterocycles. The van der Waals surface area contributed by atoms with Crippen molar-refractivity contribution in [3.63, 3.8) is 0 Å². The largest absolute Gasteiger partial charge is 0.377 e. The Morgan fingerprint density at radius 2 is 1.80 bits per heavy atom. The van der Waals surface area contributed by atoms with Crippen LogP contribution in [-0.4, -0.2) is 61.1 Å². The Labute approximate surface area is 151 Å². The maximum Gasteiger partial charge on any atom is 0.224 e. The number of carbonyl (C=O) groups is 1. The summed E-state index contributed by atoms with van der Waals surface area (Å²) >= 11 is 0. The van der Waals surface area contributed by atoms with Crippen molar-refractivity contribution in [2.75, 3.05) is 39.3 Å². The molecule has 2 N–H and O–H groups in total. The van der Waals surface area contributed by atoms with Gasteiger partial charge in [-0.15, -0.1) is 0 Å². The number of hydrogen-bond donors (Lipinski definition) is 1. The number of nitrogens with two attached hydrogens (primary N) is 1. The maximum absolute atomic E-state index is 12.5. The Kier molecular flexibility index (Phi) is 6.84. The number of amides is 1. The molecular weight excluding hydrogens is 314 g/mol. The van der Waals surface area contributed by atoms with Gasteiger partial charge in [0.05, 0.1) is 12.7 Å². The zero-order chi connectivity index (χ0) is 17.5. The molecule has 1 aromatic rings. The summed E-state index contributed by atoms with van der Waals surface area (Å²) in [4.78, 5) is 16.9. The van der Waals surface area contributed by atoms with Gasteiger partial charge < -0.3 is 20.3 Å². The summed E-state index contributed by atoms with van der Waals surface area (Å²) in [5.74, 6) is 0.159. The van der Waals surface area contributed by atoms with E-state index in [0.717, 1.165) is 44.6 Å². The first-order chi connectivity index (χ1) is 12.2. The van der Waals surface area contributed by atoms with E-state index in [0.29, 0.717) is 12.5 Å². The highest BCUT2D eigenvalue weighted by Crippen LogP contribution is 2.19. The van der Waals surface area contributed by atoms with E-state index in [1.165, 1.54) is 25.9 Å². The average Bonchev–Trinajstić information content (AvgIpc) is 3.16. The van der Waals surface area contributed by atoms with E-state index in [4.69, 9.17) is 10.5 Å². The molecule has 0 bridgehead atoms. The van der Waals surface area contributed by atoms with Gasteiger partial charge in [0.1, 0.15) is 0 Å². The van der Waals surface area contributed by atoms with Gasteiger partial charge in [-0.1, -0.05) is 30.3 Å². The lowest BCUT2D eigenvalue weighted by Gasteiger charge is -2.33. The number of hydrogen-bond acceptors (Lipinski definition) is 4. The van der Waals surface area contributed by atoms with Gasteiger partial charge >= 0.3 is 0 Å². The molecule has 5 heteroatoms. The molecule has 0 radical (unpaired) electrons. The number of nitrogens with zero attached hydrogens (tertiary/aromatic N) is 2. The second kappa shape index (κ2) is 9.32. The topological polar surface area (TPSA) is 58.8 Å². The zero-order valence-corrected chi connectivity index (χ0v) is 15.1. The fraction of sp³-hybridized carbons (Fsp3) is 0.650. The maximum atomic E-state index is 12.5. The van der Waals surface area contributed by atoms with Crippen molar-refractivity contribution in [2.24, 2.45) is 5.73 Å². The van der Waals surface area contributed by atoms with E-state index in [-0.39, 0.29) is 11.9 Å². The van der Waals surface area contributed by atoms with E-state index in [1.54, 1.807) is 0 Å². The van der Waals surface area contributed by atoms with Crippen LogP contribution in [0, 0.1) is 0 Å². The van der Waals surface area contributed by atoms with Crippen molar-refractivity contribution in [3.8, 4) is 0 Å². The highest BCUT2D eigenvalue weighted by atomic mass is 16.5. The van der Waals surface area contributed by atoms with E-state index in [9.17, 15) is 4.79 Å². The van der Waals surface area contributed by atoms with Gasteiger partial charge in [0.15, 0.2) is 0 Å². The highest BCUT2D eigenvalue weighted by molar-refractivity contribution is 5.77. The summed E-state index contributed by atoms with van der Waals surface area (Å²) in [6.45, 7) is 5.88. The lowest BCUT2D eigenvalue weighted by atomic mass is 10.0. The van der Waals surface area contributed by atoms with Crippen molar-refractivity contribution in [1.82, 2.24) is 9.80 Å². The van der Waals surface area contributed by atoms with Crippen LogP contribution in [0.3, 0.4) is 0 Å². The summed E-state index contributed by atoms with van der Waals surface area (Å²) in [6.07, 6.45) is 5.20. The molecule has 0 saturated carbocycles. The van der Waals surface area contributed by atoms with Gasteiger partial charge in [-0.05, 0) is 44.3 Å². The zero-order valence-electron chi connectivity index (χ0n) is 15.1. The minimum atomic E-state index is -0.219. The molecule has 0 aliphatic carbocycles. The Balaban J connectivity index is 1.34. The first kappa shape index (κ1) is 18.4. The molecule has 25 heavy (non-hydrogen) atoms. The van der Waals surface area contributed by atoms with Gasteiger partial charge in [0, 0.05) is 32.1 Å². The fourth-order valence-corrected chi connectivity index (χ4v) is 3.76. The molecule has 1 amide bonds. The number of rotatable bonds is 7. The van der Waals surface area contributed by atoms with Crippen LogP contribution < -0.4 is 5.73 Å². The van der Waals surface area contributed by atoms with Crippen molar-refractivity contribution in [1.29, 1.82) is 0 Å². The van der Waals surface area contributed by atoms with Crippen LogP contribution in [-0.2, 0) is 9.53 Å². The van der Waals surface area contributed by atoms with Crippen molar-refractivity contribution in [3.05, 3.63) is 35.9 Å². The standard InChI is InChI=1S/C20H31N3O2/c21-19(17-6-2-1-3-7-17)16-20(24)23-12-8-18(9-13-23)25-15-14-22-10-4-5-11-22/h1-3,6-7,18-19H,4-5,8-16,21H2. The van der Waals surface area contributed by atoms with Crippen LogP contribution in [0.2, 0.25) is 0 Å². The molecule has 1 unspecified atom stereocenters. The summed E-state index contributed by atoms with van der Waals surface area (Å²) < 4.78 is 6.02. The number of benzene rings is 1. The number of ether oxygens (including phenoxy) is 1. The van der Waals surface area contributed by atoms with Crippen LogP contribution >= 0.6 is 0 Å². The van der Waals surface area contributed by atoms with Crippen LogP contribution in [0.25, 0.3) is 0 Å². The second-order valence-electron chi connectivity index (χ2n) is 7.22. The summed E-state index contributed by atoms with van der Waals surface area (Å²) in [5.41, 5.74) is 7.20. The molecule has 0 aromatic heterocycles. The third kappa shape index (κ3) is 5.53. The Morgan fingerprint density at radius 3 is 2.48 bits per heavy atom. The lowest BCUT2D eigenvalue weighted by molar-refractivity contribution is -0.134. The normalized spacial score (nSPS) is 20.8. The van der Waals surface area contributed by atoms with Gasteiger partial charge in [-0.25, -0.2) is 0 Å². The van der Waals surface area contributed by atoms with Crippen LogP contribution in [0.5, 0.6) is 0 Å². The first-order valence-corrected chi connectivity index (χ1v) is 9.64. The van der Waals surface area contributed by atoms with Gasteiger partial charge in [0.2, 0.25) is 5.91 Å². The Bertz CT molecular complexity index is 523. The third-order valence-corrected chi connectivity index (χ3v) is 5.38. The van der Waals surface area contributed by atoms with Crippen molar-refractivity contribution < 1.29 is 9.53 Å². The number of likely N-dealkylation sites (tertiary alicyclic amines) is 2. The smallest absolute Gasteiger partial charge is 0.224 e. The lowest BCUT2D eigenvalue weighted by Crippen LogP contribution is -2.42. The Morgan fingerprint density at radius 1 is 1.12 bits per heavy atom. The van der Waals surface area contributed by atoms with Crippen LogP contribution in [0.4, 0.5) is 0 Å². The summed E-state index contributed by atoms with van der Waals surface area (Å²) in [5, 5.41) is 0. The fourth-order valence-electron chi connectivity index (χ4n) is 3.76. The van der Waals surface area contributed by atoms with E-state index >= 15 is 0 Å². The average molecular weight is 345 g/mol. The molecular formula is C20H31N3O2. The minimum Gasteiger partial charge on any atom is -0.377 e. The molecule has 2 aliphatic rings. The molecule has 5 nitrogen and oxygen atoms in total. The summed E-state index contributed by atoms with van der Waals surface area (Å²) in [7, 11) is 0. The van der Waals surface area contributed by atoms with Crippen LogP contribution in [0.15, 0.2) is 30.3 Å². The molecule has 138 valence electrons. The molecule has 1 aromatic carbocycles. The number of piperidine rings is 1. The van der Waals surface area contributed by atoms with Gasteiger partial charge in [0.25, 0.3) is 0 Å². The highest BCUT2D eigenvalue weighted by Gasteiger charge is 2.24. The molecule has 2 aliphatic heterocycles. The number of carbonyl (C=O) groups excluding carboxylic acids is 1. The molecule has 0 spiro atoms. The van der Waals surface area contributed by atoms with E-state index in [1.807, 2.05) is 35.2 Å². The first-order valence-electron chi connectivity index (χ1n) is 9.64. The van der Waals surface area contributed by atoms with E-state index < -0.39 is 0 Å². The monoisotopic (exact) mass is 345 g/mol. The van der Waals surface area contributed by atoms with Crippen LogP contribution in [0.1, 0.15) is 43.7 Å². The minimum absolute atomic E-state index is 0.159.